The average molecular weight is 254 g/mol. The van der Waals surface area contributed by atoms with Gasteiger partial charge in [0.2, 0.25) is 0 Å². The molecule has 2 aromatic rings. The molecule has 0 radical (unpaired) electrons. The summed E-state index contributed by atoms with van der Waals surface area (Å²) in [5.41, 5.74) is 7.22. The van der Waals surface area contributed by atoms with E-state index in [0.717, 1.165) is 11.1 Å². The van der Waals surface area contributed by atoms with Crippen molar-refractivity contribution in [2.75, 3.05) is 6.61 Å². The molecule has 17 heavy (non-hydrogen) atoms. The first-order valence-electron chi connectivity index (χ1n) is 5.09. The second kappa shape index (κ2) is 4.83. The molecule has 90 valence electrons. The van der Waals surface area contributed by atoms with Crippen LogP contribution in [0.2, 0.25) is 5.02 Å². The number of aliphatic hydroxyl groups is 1. The van der Waals surface area contributed by atoms with E-state index < -0.39 is 6.04 Å². The Kier molecular flexibility index (Phi) is 3.42. The van der Waals surface area contributed by atoms with Gasteiger partial charge in [-0.2, -0.15) is 4.98 Å². The molecule has 3 N–H and O–H groups in total. The van der Waals surface area contributed by atoms with Crippen molar-refractivity contribution in [1.82, 2.24) is 10.1 Å². The van der Waals surface area contributed by atoms with Crippen LogP contribution < -0.4 is 5.73 Å². The van der Waals surface area contributed by atoms with Crippen LogP contribution in [-0.2, 0) is 0 Å². The summed E-state index contributed by atoms with van der Waals surface area (Å²) in [5, 5.41) is 13.3. The molecule has 1 atom stereocenters. The minimum absolute atomic E-state index is 0.229. The summed E-state index contributed by atoms with van der Waals surface area (Å²) in [7, 11) is 0. The SMILES string of the molecule is Cc1c(Cl)cccc1-c1nc(C(N)CO)no1. The van der Waals surface area contributed by atoms with Gasteiger partial charge in [-0.3, -0.25) is 0 Å². The number of benzene rings is 1. The molecule has 2 rings (SSSR count). The maximum Gasteiger partial charge on any atom is 0.258 e. The van der Waals surface area contributed by atoms with E-state index in [1.165, 1.54) is 0 Å². The number of aliphatic hydroxyl groups excluding tert-OH is 1. The number of hydrogen-bond acceptors (Lipinski definition) is 5. The fourth-order valence-electron chi connectivity index (χ4n) is 1.42. The molecule has 0 aliphatic rings. The van der Waals surface area contributed by atoms with Crippen LogP contribution in [0.25, 0.3) is 11.5 Å². The van der Waals surface area contributed by atoms with Crippen LogP contribution >= 0.6 is 11.6 Å². The first-order valence-corrected chi connectivity index (χ1v) is 5.46. The predicted octanol–water partition coefficient (Wildman–Crippen LogP) is 1.69. The molecule has 6 heteroatoms. The smallest absolute Gasteiger partial charge is 0.258 e. The third-order valence-electron chi connectivity index (χ3n) is 2.47. The lowest BCUT2D eigenvalue weighted by atomic mass is 10.1. The molecule has 1 heterocycles. The Hall–Kier alpha value is -1.43. The summed E-state index contributed by atoms with van der Waals surface area (Å²) in [6.07, 6.45) is 0. The Morgan fingerprint density at radius 1 is 1.53 bits per heavy atom. The van der Waals surface area contributed by atoms with Crippen molar-refractivity contribution in [3.8, 4) is 11.5 Å². The van der Waals surface area contributed by atoms with Crippen molar-refractivity contribution in [2.45, 2.75) is 13.0 Å². The number of nitrogens with two attached hydrogens (primary N) is 1. The minimum Gasteiger partial charge on any atom is -0.394 e. The number of aromatic nitrogens is 2. The van der Waals surface area contributed by atoms with Crippen molar-refractivity contribution in [2.24, 2.45) is 5.73 Å². The summed E-state index contributed by atoms with van der Waals surface area (Å²) >= 11 is 6.01. The van der Waals surface area contributed by atoms with Gasteiger partial charge < -0.3 is 15.4 Å². The first kappa shape index (κ1) is 12.0. The highest BCUT2D eigenvalue weighted by Gasteiger charge is 2.16. The molecule has 0 saturated carbocycles. The fourth-order valence-corrected chi connectivity index (χ4v) is 1.59. The van der Waals surface area contributed by atoms with E-state index >= 15 is 0 Å². The van der Waals surface area contributed by atoms with Crippen LogP contribution in [0.15, 0.2) is 22.7 Å². The van der Waals surface area contributed by atoms with Crippen LogP contribution in [0.4, 0.5) is 0 Å². The van der Waals surface area contributed by atoms with Crippen molar-refractivity contribution >= 4 is 11.6 Å². The third-order valence-corrected chi connectivity index (χ3v) is 2.88. The van der Waals surface area contributed by atoms with Gasteiger partial charge in [0.05, 0.1) is 12.6 Å². The Bertz CT molecular complexity index is 527. The second-order valence-electron chi connectivity index (χ2n) is 3.66. The van der Waals surface area contributed by atoms with Crippen LogP contribution in [0.5, 0.6) is 0 Å². The van der Waals surface area contributed by atoms with Crippen LogP contribution in [-0.4, -0.2) is 21.9 Å². The van der Waals surface area contributed by atoms with Crippen molar-refractivity contribution in [3.63, 3.8) is 0 Å². The van der Waals surface area contributed by atoms with Gasteiger partial charge >= 0.3 is 0 Å². The largest absolute Gasteiger partial charge is 0.394 e. The number of rotatable bonds is 3. The van der Waals surface area contributed by atoms with Gasteiger partial charge in [0.1, 0.15) is 0 Å². The molecular weight excluding hydrogens is 242 g/mol. The van der Waals surface area contributed by atoms with Gasteiger partial charge in [-0.15, -0.1) is 0 Å². The molecule has 5 nitrogen and oxygen atoms in total. The van der Waals surface area contributed by atoms with Crippen molar-refractivity contribution in [3.05, 3.63) is 34.6 Å². The first-order chi connectivity index (χ1) is 8.13. The Morgan fingerprint density at radius 2 is 2.29 bits per heavy atom. The molecule has 0 saturated heterocycles. The summed E-state index contributed by atoms with van der Waals surface area (Å²) in [6, 6.07) is 4.80. The van der Waals surface area contributed by atoms with Gasteiger partial charge in [0.15, 0.2) is 5.82 Å². The molecule has 0 amide bonds. The monoisotopic (exact) mass is 253 g/mol. The van der Waals surface area contributed by atoms with E-state index in [9.17, 15) is 0 Å². The van der Waals surface area contributed by atoms with Crippen molar-refractivity contribution in [1.29, 1.82) is 0 Å². The number of halogens is 1. The van der Waals surface area contributed by atoms with Crippen LogP contribution in [0, 0.1) is 6.92 Å². The molecule has 1 unspecified atom stereocenters. The Labute approximate surface area is 103 Å². The fraction of sp³-hybridized carbons (Fsp3) is 0.273. The van der Waals surface area contributed by atoms with Crippen LogP contribution in [0.3, 0.4) is 0 Å². The van der Waals surface area contributed by atoms with E-state index in [1.54, 1.807) is 12.1 Å². The minimum atomic E-state index is -0.632. The van der Waals surface area contributed by atoms with E-state index in [2.05, 4.69) is 10.1 Å². The quantitative estimate of drug-likeness (QED) is 0.869. The van der Waals surface area contributed by atoms with Gasteiger partial charge in [0.25, 0.3) is 5.89 Å². The maximum absolute atomic E-state index is 8.90. The molecular formula is C11H12ClN3O2. The third kappa shape index (κ3) is 2.31. The standard InChI is InChI=1S/C11H12ClN3O2/c1-6-7(3-2-4-8(6)12)11-14-10(15-17-11)9(13)5-16/h2-4,9,16H,5,13H2,1H3. The summed E-state index contributed by atoms with van der Waals surface area (Å²) < 4.78 is 5.10. The zero-order valence-corrected chi connectivity index (χ0v) is 9.98. The molecule has 1 aromatic carbocycles. The van der Waals surface area contributed by atoms with E-state index in [1.807, 2.05) is 13.0 Å². The van der Waals surface area contributed by atoms with E-state index in [-0.39, 0.29) is 12.4 Å². The van der Waals surface area contributed by atoms with Gasteiger partial charge in [-0.05, 0) is 24.6 Å². The average Bonchev–Trinajstić information content (AvgIpc) is 2.81. The maximum atomic E-state index is 8.90. The van der Waals surface area contributed by atoms with Gasteiger partial charge in [-0.25, -0.2) is 0 Å². The highest BCUT2D eigenvalue weighted by Crippen LogP contribution is 2.27. The van der Waals surface area contributed by atoms with E-state index in [0.29, 0.717) is 10.9 Å². The molecule has 0 aliphatic carbocycles. The summed E-state index contributed by atoms with van der Waals surface area (Å²) in [5.74, 6) is 0.630. The highest BCUT2D eigenvalue weighted by atomic mass is 35.5. The highest BCUT2D eigenvalue weighted by molar-refractivity contribution is 6.31. The summed E-state index contributed by atoms with van der Waals surface area (Å²) in [4.78, 5) is 4.13. The normalized spacial score (nSPS) is 12.7. The molecule has 0 bridgehead atoms. The van der Waals surface area contributed by atoms with E-state index in [4.69, 9.17) is 27.0 Å². The van der Waals surface area contributed by atoms with Gasteiger partial charge in [0, 0.05) is 10.6 Å². The van der Waals surface area contributed by atoms with Crippen LogP contribution in [0.1, 0.15) is 17.4 Å². The molecule has 0 aliphatic heterocycles. The zero-order valence-electron chi connectivity index (χ0n) is 9.22. The Morgan fingerprint density at radius 3 is 3.00 bits per heavy atom. The topological polar surface area (TPSA) is 85.2 Å². The predicted molar refractivity (Wildman–Crippen MR) is 63.5 cm³/mol. The van der Waals surface area contributed by atoms with Gasteiger partial charge in [-0.1, -0.05) is 22.8 Å². The lowest BCUT2D eigenvalue weighted by molar-refractivity contribution is 0.260. The molecule has 0 fully saturated rings. The number of nitrogens with zero attached hydrogens (tertiary/aromatic N) is 2. The second-order valence-corrected chi connectivity index (χ2v) is 4.07. The Balaban J connectivity index is 2.40. The summed E-state index contributed by atoms with van der Waals surface area (Å²) in [6.45, 7) is 1.64. The van der Waals surface area contributed by atoms with Crippen molar-refractivity contribution < 1.29 is 9.63 Å². The molecule has 0 spiro atoms. The number of hydrogen-bond donors (Lipinski definition) is 2. The lowest BCUT2D eigenvalue weighted by Crippen LogP contribution is -2.15. The lowest BCUT2D eigenvalue weighted by Gasteiger charge is -2.02. The molecule has 1 aromatic heterocycles. The zero-order chi connectivity index (χ0) is 12.4.